The number of rotatable bonds is 9. The topological polar surface area (TPSA) is 139 Å². The third-order valence-electron chi connectivity index (χ3n) is 6.07. The fraction of sp³-hybridized carbons (Fsp3) is 0.346. The number of nitrogens with one attached hydrogen (secondary N) is 2. The van der Waals surface area contributed by atoms with Gasteiger partial charge < -0.3 is 20.3 Å². The van der Waals surface area contributed by atoms with Crippen molar-refractivity contribution in [3.63, 3.8) is 0 Å². The van der Waals surface area contributed by atoms with Gasteiger partial charge in [-0.1, -0.05) is 30.0 Å². The van der Waals surface area contributed by atoms with Crippen molar-refractivity contribution >= 4 is 40.0 Å². The summed E-state index contributed by atoms with van der Waals surface area (Å²) < 4.78 is 42.9. The third-order valence-corrected chi connectivity index (χ3v) is 7.07. The second-order valence-electron chi connectivity index (χ2n) is 9.38. The molecule has 1 aromatic carbocycles. The maximum absolute atomic E-state index is 12.5. The van der Waals surface area contributed by atoms with Crippen molar-refractivity contribution in [2.75, 3.05) is 18.4 Å². The number of benzene rings is 1. The molecule has 16 heteroatoms. The highest BCUT2D eigenvalue weighted by Crippen LogP contribution is 2.31. The average Bonchev–Trinajstić information content (AvgIpc) is 3.67. The van der Waals surface area contributed by atoms with E-state index in [1.54, 1.807) is 31.0 Å². The molecule has 1 unspecified atom stereocenters. The number of amidine groups is 2. The number of aromatic nitrogens is 4. The molecule has 0 saturated carbocycles. The zero-order valence-electron chi connectivity index (χ0n) is 22.8. The number of carbonyl (C=O) groups excluding carboxylic acids is 2. The zero-order chi connectivity index (χ0) is 30.3. The van der Waals surface area contributed by atoms with Crippen molar-refractivity contribution in [3.8, 4) is 5.75 Å². The van der Waals surface area contributed by atoms with Crippen LogP contribution in [0.25, 0.3) is 0 Å². The number of likely N-dealkylation sites (tertiary alicyclic amines) is 1. The normalized spacial score (nSPS) is 15.9. The molecule has 3 heterocycles. The molecule has 0 aliphatic carbocycles. The van der Waals surface area contributed by atoms with E-state index in [1.807, 2.05) is 4.90 Å². The largest absolute Gasteiger partial charge is 0.573 e. The quantitative estimate of drug-likeness (QED) is 0.217. The number of carbonyl (C=O) groups is 2. The Kier molecular flexibility index (Phi) is 9.67. The fourth-order valence-corrected chi connectivity index (χ4v) is 5.03. The molecule has 2 N–H and O–H groups in total. The van der Waals surface area contributed by atoms with E-state index in [2.05, 4.69) is 47.4 Å². The standard InChI is InChI=1S/C26H28F3N9O3S/c1-4-21(31-22(39)11-17-6-5-7-20(10-17)41-26(27,28)29)34-33-16(2)38-9-8-19(15-38)24-35-36-25(42-24)32-23(40)12-18-13-30-37(3)14-18/h4-7,10,13-14,19H,1,8-9,11-12,15H2,2-3H3,(H,31,34,39)(H,32,36,40)/b33-16+. The highest BCUT2D eigenvalue weighted by molar-refractivity contribution is 7.15. The van der Waals surface area contributed by atoms with Crippen LogP contribution in [0.15, 0.2) is 59.5 Å². The Hall–Kier alpha value is -4.60. The lowest BCUT2D eigenvalue weighted by atomic mass is 10.1. The Morgan fingerprint density at radius 3 is 2.71 bits per heavy atom. The number of alkyl halides is 3. The van der Waals surface area contributed by atoms with Gasteiger partial charge in [0.15, 0.2) is 5.84 Å². The first kappa shape index (κ1) is 30.4. The van der Waals surface area contributed by atoms with Crippen LogP contribution in [-0.4, -0.2) is 67.8 Å². The average molecular weight is 604 g/mol. The van der Waals surface area contributed by atoms with Crippen molar-refractivity contribution in [3.05, 3.63) is 65.4 Å². The molecule has 222 valence electrons. The summed E-state index contributed by atoms with van der Waals surface area (Å²) in [6, 6.07) is 5.17. The Morgan fingerprint density at radius 2 is 2.00 bits per heavy atom. The third kappa shape index (κ3) is 8.95. The van der Waals surface area contributed by atoms with Gasteiger partial charge in [-0.15, -0.1) is 33.6 Å². The zero-order valence-corrected chi connectivity index (χ0v) is 23.6. The molecule has 0 radical (unpaired) electrons. The van der Waals surface area contributed by atoms with Gasteiger partial charge in [0.2, 0.25) is 16.9 Å². The predicted octanol–water partition coefficient (Wildman–Crippen LogP) is 3.42. The Balaban J connectivity index is 1.28. The summed E-state index contributed by atoms with van der Waals surface area (Å²) in [6.45, 7) is 6.73. The van der Waals surface area contributed by atoms with Crippen LogP contribution in [0.5, 0.6) is 5.75 Å². The van der Waals surface area contributed by atoms with Gasteiger partial charge in [0.1, 0.15) is 16.6 Å². The van der Waals surface area contributed by atoms with E-state index in [0.29, 0.717) is 29.6 Å². The maximum Gasteiger partial charge on any atom is 0.573 e. The van der Waals surface area contributed by atoms with E-state index in [-0.39, 0.29) is 30.5 Å². The number of hydrogen-bond acceptors (Lipinski definition) is 9. The predicted molar refractivity (Wildman–Crippen MR) is 150 cm³/mol. The number of nitrogens with zero attached hydrogens (tertiary/aromatic N) is 7. The van der Waals surface area contributed by atoms with Crippen LogP contribution in [0.1, 0.15) is 35.4 Å². The van der Waals surface area contributed by atoms with Gasteiger partial charge in [-0.25, -0.2) is 0 Å². The van der Waals surface area contributed by atoms with Gasteiger partial charge in [0, 0.05) is 32.3 Å². The molecular formula is C26H28F3N9O3S. The minimum Gasteiger partial charge on any atom is -0.406 e. The summed E-state index contributed by atoms with van der Waals surface area (Å²) in [4.78, 5) is 26.8. The summed E-state index contributed by atoms with van der Waals surface area (Å²) in [5.74, 6) is -0.326. The second-order valence-corrected chi connectivity index (χ2v) is 10.4. The monoisotopic (exact) mass is 603 g/mol. The molecule has 1 aliphatic heterocycles. The summed E-state index contributed by atoms with van der Waals surface area (Å²) in [6.07, 6.45) is 0.691. The number of amides is 2. The van der Waals surface area contributed by atoms with Crippen LogP contribution in [0.2, 0.25) is 0 Å². The molecule has 0 spiro atoms. The molecule has 1 saturated heterocycles. The number of anilines is 1. The van der Waals surface area contributed by atoms with Crippen LogP contribution in [0.4, 0.5) is 18.3 Å². The van der Waals surface area contributed by atoms with Gasteiger partial charge in [0.25, 0.3) is 0 Å². The van der Waals surface area contributed by atoms with E-state index in [4.69, 9.17) is 0 Å². The van der Waals surface area contributed by atoms with Crippen LogP contribution < -0.4 is 15.4 Å². The highest BCUT2D eigenvalue weighted by atomic mass is 32.1. The van der Waals surface area contributed by atoms with Gasteiger partial charge in [-0.05, 0) is 42.7 Å². The Morgan fingerprint density at radius 1 is 1.21 bits per heavy atom. The van der Waals surface area contributed by atoms with Crippen LogP contribution >= 0.6 is 11.3 Å². The first-order valence-electron chi connectivity index (χ1n) is 12.7. The highest BCUT2D eigenvalue weighted by Gasteiger charge is 2.31. The van der Waals surface area contributed by atoms with Crippen molar-refractivity contribution in [2.45, 2.75) is 38.5 Å². The molecule has 2 amide bonds. The lowest BCUT2D eigenvalue weighted by Gasteiger charge is -2.16. The SMILES string of the molecule is C=C/C(=N\N=C(/C)N1CCC(c2nnc(NC(=O)Cc3cnn(C)c3)s2)C1)NC(=O)Cc1cccc(OC(F)(F)F)c1. The molecule has 1 aliphatic rings. The van der Waals surface area contributed by atoms with E-state index >= 15 is 0 Å². The Labute approximate surface area is 243 Å². The van der Waals surface area contributed by atoms with Crippen LogP contribution in [-0.2, 0) is 29.5 Å². The minimum atomic E-state index is -4.83. The Bertz CT molecular complexity index is 1500. The van der Waals surface area contributed by atoms with Crippen molar-refractivity contribution < 1.29 is 27.5 Å². The molecule has 3 aromatic rings. The summed E-state index contributed by atoms with van der Waals surface area (Å²) in [5, 5.41) is 27.2. The molecule has 42 heavy (non-hydrogen) atoms. The van der Waals surface area contributed by atoms with E-state index in [0.717, 1.165) is 29.1 Å². The first-order chi connectivity index (χ1) is 20.0. The second kappa shape index (κ2) is 13.4. The van der Waals surface area contributed by atoms with Gasteiger partial charge in [-0.2, -0.15) is 5.10 Å². The summed E-state index contributed by atoms with van der Waals surface area (Å²) in [7, 11) is 1.78. The fourth-order valence-electron chi connectivity index (χ4n) is 4.15. The molecule has 12 nitrogen and oxygen atoms in total. The van der Waals surface area contributed by atoms with Crippen molar-refractivity contribution in [2.24, 2.45) is 17.3 Å². The molecule has 0 bridgehead atoms. The van der Waals surface area contributed by atoms with E-state index < -0.39 is 18.0 Å². The molecule has 1 atom stereocenters. The number of halogens is 3. The van der Waals surface area contributed by atoms with Crippen molar-refractivity contribution in [1.29, 1.82) is 0 Å². The van der Waals surface area contributed by atoms with E-state index in [9.17, 15) is 22.8 Å². The van der Waals surface area contributed by atoms with Gasteiger partial charge in [0.05, 0.1) is 19.0 Å². The summed E-state index contributed by atoms with van der Waals surface area (Å²) >= 11 is 1.33. The minimum absolute atomic E-state index is 0.0913. The smallest absolute Gasteiger partial charge is 0.406 e. The number of aryl methyl sites for hydroxylation is 1. The lowest BCUT2D eigenvalue weighted by Crippen LogP contribution is -2.31. The molecule has 1 fully saturated rings. The van der Waals surface area contributed by atoms with E-state index in [1.165, 1.54) is 29.5 Å². The maximum atomic E-state index is 12.5. The van der Waals surface area contributed by atoms with Crippen molar-refractivity contribution in [1.82, 2.24) is 30.2 Å². The molecule has 4 rings (SSSR count). The number of ether oxygens (including phenoxy) is 1. The van der Waals surface area contributed by atoms with Gasteiger partial charge in [-0.3, -0.25) is 14.3 Å². The van der Waals surface area contributed by atoms with Gasteiger partial charge >= 0.3 is 6.36 Å². The van der Waals surface area contributed by atoms with Crippen LogP contribution in [0, 0.1) is 0 Å². The summed E-state index contributed by atoms with van der Waals surface area (Å²) in [5.41, 5.74) is 1.13. The molecular weight excluding hydrogens is 575 g/mol. The number of hydrogen-bond donors (Lipinski definition) is 2. The molecule has 2 aromatic heterocycles. The van der Waals surface area contributed by atoms with Crippen LogP contribution in [0.3, 0.4) is 0 Å². The lowest BCUT2D eigenvalue weighted by molar-refractivity contribution is -0.274. The first-order valence-corrected chi connectivity index (χ1v) is 13.5.